The lowest BCUT2D eigenvalue weighted by Crippen LogP contribution is -2.40. The quantitative estimate of drug-likeness (QED) is 0.716. The molecule has 1 amide bonds. The smallest absolute Gasteiger partial charge is 0.255 e. The maximum absolute atomic E-state index is 12.6. The zero-order valence-electron chi connectivity index (χ0n) is 11.8. The summed E-state index contributed by atoms with van der Waals surface area (Å²) < 4.78 is 12.2. The Labute approximate surface area is 126 Å². The molecular weight excluding hydrogens is 284 g/mol. The van der Waals surface area contributed by atoms with Crippen LogP contribution in [-0.2, 0) is 4.74 Å². The monoisotopic (exact) mass is 298 g/mol. The van der Waals surface area contributed by atoms with Crippen LogP contribution < -0.4 is 0 Å². The summed E-state index contributed by atoms with van der Waals surface area (Å²) in [6.45, 7) is 2.41. The number of fused-ring (bicyclic) bond motifs is 1. The summed E-state index contributed by atoms with van der Waals surface area (Å²) in [5.41, 5.74) is 2.12. The standard InChI is InChI=1S/C15H14N4O3/c20-15(18-4-7-21-8-5-18)11-1-2-13-16-17-14(19(13)9-11)12-3-6-22-10-12/h1-3,6,9-10H,4-5,7-8H2. The van der Waals surface area contributed by atoms with E-state index in [-0.39, 0.29) is 5.91 Å². The van der Waals surface area contributed by atoms with E-state index in [0.29, 0.717) is 43.3 Å². The molecule has 0 bridgehead atoms. The van der Waals surface area contributed by atoms with Crippen molar-refractivity contribution < 1.29 is 13.9 Å². The minimum absolute atomic E-state index is 0.00274. The van der Waals surface area contributed by atoms with Gasteiger partial charge in [-0.05, 0) is 18.2 Å². The minimum Gasteiger partial charge on any atom is -0.472 e. The number of ether oxygens (including phenoxy) is 1. The van der Waals surface area contributed by atoms with Gasteiger partial charge in [-0.3, -0.25) is 9.20 Å². The second kappa shape index (κ2) is 5.27. The van der Waals surface area contributed by atoms with Crippen LogP contribution >= 0.6 is 0 Å². The zero-order chi connectivity index (χ0) is 14.9. The summed E-state index contributed by atoms with van der Waals surface area (Å²) in [5, 5.41) is 8.27. The van der Waals surface area contributed by atoms with Crippen LogP contribution in [0.2, 0.25) is 0 Å². The summed E-state index contributed by atoms with van der Waals surface area (Å²) in [4.78, 5) is 14.4. The molecule has 22 heavy (non-hydrogen) atoms. The van der Waals surface area contributed by atoms with Gasteiger partial charge in [0.25, 0.3) is 5.91 Å². The van der Waals surface area contributed by atoms with Crippen LogP contribution in [0.15, 0.2) is 41.3 Å². The number of pyridine rings is 1. The topological polar surface area (TPSA) is 72.9 Å². The third kappa shape index (κ3) is 2.15. The Kier molecular flexibility index (Phi) is 3.12. The largest absolute Gasteiger partial charge is 0.472 e. The fourth-order valence-electron chi connectivity index (χ4n) is 2.55. The lowest BCUT2D eigenvalue weighted by Gasteiger charge is -2.26. The first-order chi connectivity index (χ1) is 10.8. The Morgan fingerprint density at radius 2 is 2.00 bits per heavy atom. The van der Waals surface area contributed by atoms with Crippen molar-refractivity contribution in [3.8, 4) is 11.4 Å². The molecule has 0 spiro atoms. The normalized spacial score (nSPS) is 15.4. The van der Waals surface area contributed by atoms with Gasteiger partial charge in [-0.2, -0.15) is 0 Å². The summed E-state index contributed by atoms with van der Waals surface area (Å²) >= 11 is 0. The van der Waals surface area contributed by atoms with Gasteiger partial charge in [0.05, 0.1) is 30.6 Å². The highest BCUT2D eigenvalue weighted by Gasteiger charge is 2.19. The van der Waals surface area contributed by atoms with Crippen LogP contribution in [0.25, 0.3) is 17.0 Å². The van der Waals surface area contributed by atoms with E-state index >= 15 is 0 Å². The van der Waals surface area contributed by atoms with E-state index in [0.717, 1.165) is 5.56 Å². The number of amides is 1. The molecule has 112 valence electrons. The molecule has 1 aliphatic rings. The number of carbonyl (C=O) groups excluding carboxylic acids is 1. The Bertz CT molecular complexity index is 803. The first-order valence-corrected chi connectivity index (χ1v) is 7.07. The van der Waals surface area contributed by atoms with E-state index in [1.165, 1.54) is 0 Å². The van der Waals surface area contributed by atoms with Crippen LogP contribution in [0.4, 0.5) is 0 Å². The second-order valence-electron chi connectivity index (χ2n) is 5.09. The molecule has 0 aromatic carbocycles. The predicted molar refractivity (Wildman–Crippen MR) is 77.4 cm³/mol. The van der Waals surface area contributed by atoms with Gasteiger partial charge < -0.3 is 14.1 Å². The molecule has 4 rings (SSSR count). The van der Waals surface area contributed by atoms with Crippen molar-refractivity contribution in [3.63, 3.8) is 0 Å². The summed E-state index contributed by atoms with van der Waals surface area (Å²) in [5.74, 6) is 0.650. The molecule has 0 saturated carbocycles. The number of carbonyl (C=O) groups is 1. The molecule has 1 aliphatic heterocycles. The third-order valence-corrected chi connectivity index (χ3v) is 3.73. The predicted octanol–water partition coefficient (Wildman–Crippen LogP) is 1.46. The van der Waals surface area contributed by atoms with Gasteiger partial charge in [0.15, 0.2) is 11.5 Å². The number of rotatable bonds is 2. The summed E-state index contributed by atoms with van der Waals surface area (Å²) in [6, 6.07) is 5.39. The van der Waals surface area contributed by atoms with Crippen molar-refractivity contribution in [1.82, 2.24) is 19.5 Å². The van der Waals surface area contributed by atoms with Gasteiger partial charge in [0.2, 0.25) is 0 Å². The van der Waals surface area contributed by atoms with Crippen molar-refractivity contribution >= 4 is 11.6 Å². The first-order valence-electron chi connectivity index (χ1n) is 7.07. The first kappa shape index (κ1) is 13.0. The van der Waals surface area contributed by atoms with E-state index in [1.54, 1.807) is 40.2 Å². The van der Waals surface area contributed by atoms with Crippen molar-refractivity contribution in [1.29, 1.82) is 0 Å². The molecule has 0 N–H and O–H groups in total. The molecule has 0 atom stereocenters. The Morgan fingerprint density at radius 3 is 2.77 bits per heavy atom. The molecule has 3 aromatic heterocycles. The minimum atomic E-state index is -0.00274. The zero-order valence-corrected chi connectivity index (χ0v) is 11.8. The van der Waals surface area contributed by atoms with Crippen LogP contribution in [0, 0.1) is 0 Å². The van der Waals surface area contributed by atoms with Gasteiger partial charge >= 0.3 is 0 Å². The lowest BCUT2D eigenvalue weighted by atomic mass is 10.2. The average molecular weight is 298 g/mol. The summed E-state index contributed by atoms with van der Waals surface area (Å²) in [6.07, 6.45) is 4.96. The van der Waals surface area contributed by atoms with Crippen LogP contribution in [0.3, 0.4) is 0 Å². The highest BCUT2D eigenvalue weighted by Crippen LogP contribution is 2.19. The van der Waals surface area contributed by atoms with E-state index in [2.05, 4.69) is 10.2 Å². The number of aromatic nitrogens is 3. The maximum Gasteiger partial charge on any atom is 0.255 e. The third-order valence-electron chi connectivity index (χ3n) is 3.73. The Hall–Kier alpha value is -2.67. The van der Waals surface area contributed by atoms with E-state index in [4.69, 9.17) is 9.15 Å². The fraction of sp³-hybridized carbons (Fsp3) is 0.267. The van der Waals surface area contributed by atoms with Gasteiger partial charge in [0, 0.05) is 19.3 Å². The number of hydrogen-bond donors (Lipinski definition) is 0. The van der Waals surface area contributed by atoms with Crippen molar-refractivity contribution in [2.75, 3.05) is 26.3 Å². The molecule has 1 fully saturated rings. The highest BCUT2D eigenvalue weighted by molar-refractivity contribution is 5.94. The molecule has 0 unspecified atom stereocenters. The number of hydrogen-bond acceptors (Lipinski definition) is 5. The summed E-state index contributed by atoms with van der Waals surface area (Å²) in [7, 11) is 0. The van der Waals surface area contributed by atoms with Crippen LogP contribution in [0.5, 0.6) is 0 Å². The SMILES string of the molecule is O=C(c1ccc2nnc(-c3ccoc3)n2c1)N1CCOCC1. The van der Waals surface area contributed by atoms with Gasteiger partial charge in [0.1, 0.15) is 6.26 Å². The van der Waals surface area contributed by atoms with E-state index < -0.39 is 0 Å². The molecule has 0 aliphatic carbocycles. The molecule has 7 nitrogen and oxygen atoms in total. The highest BCUT2D eigenvalue weighted by atomic mass is 16.5. The fourth-order valence-corrected chi connectivity index (χ4v) is 2.55. The molecule has 1 saturated heterocycles. The maximum atomic E-state index is 12.6. The average Bonchev–Trinajstić information content (AvgIpc) is 3.23. The Morgan fingerprint density at radius 1 is 1.14 bits per heavy atom. The number of morpholine rings is 1. The van der Waals surface area contributed by atoms with Crippen molar-refractivity contribution in [2.45, 2.75) is 0 Å². The van der Waals surface area contributed by atoms with Crippen LogP contribution in [0.1, 0.15) is 10.4 Å². The van der Waals surface area contributed by atoms with Gasteiger partial charge in [-0.25, -0.2) is 0 Å². The molecule has 7 heteroatoms. The van der Waals surface area contributed by atoms with Crippen LogP contribution in [-0.4, -0.2) is 51.7 Å². The second-order valence-corrected chi connectivity index (χ2v) is 5.09. The molecule has 4 heterocycles. The van der Waals surface area contributed by atoms with Gasteiger partial charge in [-0.15, -0.1) is 10.2 Å². The molecular formula is C15H14N4O3. The van der Waals surface area contributed by atoms with E-state index in [9.17, 15) is 4.79 Å². The van der Waals surface area contributed by atoms with E-state index in [1.807, 2.05) is 6.07 Å². The van der Waals surface area contributed by atoms with Crippen molar-refractivity contribution in [2.24, 2.45) is 0 Å². The van der Waals surface area contributed by atoms with Crippen molar-refractivity contribution in [3.05, 3.63) is 42.5 Å². The Balaban J connectivity index is 1.73. The number of nitrogens with zero attached hydrogens (tertiary/aromatic N) is 4. The number of furan rings is 1. The van der Waals surface area contributed by atoms with Gasteiger partial charge in [-0.1, -0.05) is 0 Å². The molecule has 3 aromatic rings. The molecule has 0 radical (unpaired) electrons. The lowest BCUT2D eigenvalue weighted by molar-refractivity contribution is 0.0302.